The van der Waals surface area contributed by atoms with Crippen LogP contribution in [0.15, 0.2) is 29.2 Å². The molecule has 1 saturated heterocycles. The van der Waals surface area contributed by atoms with Gasteiger partial charge in [-0.1, -0.05) is 0 Å². The van der Waals surface area contributed by atoms with Crippen LogP contribution in [0.25, 0.3) is 0 Å². The monoisotopic (exact) mass is 382 g/mol. The van der Waals surface area contributed by atoms with Gasteiger partial charge in [-0.15, -0.1) is 0 Å². The van der Waals surface area contributed by atoms with E-state index in [0.29, 0.717) is 15.5 Å². The van der Waals surface area contributed by atoms with Crippen LogP contribution in [-0.4, -0.2) is 61.6 Å². The van der Waals surface area contributed by atoms with Gasteiger partial charge in [0.15, 0.2) is 5.54 Å². The quantitative estimate of drug-likeness (QED) is 0.689. The molecule has 5 amide bonds. The average Bonchev–Trinajstić information content (AvgIpc) is 2.56. The number of nitrogens with one attached hydrogen (secondary N) is 2. The lowest BCUT2D eigenvalue weighted by Gasteiger charge is -2.39. The molecule has 140 valence electrons. The van der Waals surface area contributed by atoms with Crippen LogP contribution in [0.1, 0.15) is 13.8 Å². The third-order valence-corrected chi connectivity index (χ3v) is 5.43. The van der Waals surface area contributed by atoms with Gasteiger partial charge in [0.2, 0.25) is 15.9 Å². The van der Waals surface area contributed by atoms with Crippen LogP contribution in [0.4, 0.5) is 10.5 Å². The van der Waals surface area contributed by atoms with Crippen LogP contribution >= 0.6 is 0 Å². The molecule has 0 bridgehead atoms. The highest BCUT2D eigenvalue weighted by atomic mass is 32.2. The molecule has 1 aliphatic rings. The summed E-state index contributed by atoms with van der Waals surface area (Å²) in [4.78, 5) is 48.7. The largest absolute Gasteiger partial charge is 0.332 e. The number of benzene rings is 1. The molecule has 1 fully saturated rings. The molecule has 1 aromatic carbocycles. The van der Waals surface area contributed by atoms with Gasteiger partial charge in [0.05, 0.1) is 4.90 Å². The molecule has 2 rings (SSSR count). The molecule has 1 heterocycles. The number of rotatable bonds is 4. The van der Waals surface area contributed by atoms with Crippen molar-refractivity contribution in [1.82, 2.24) is 14.5 Å². The zero-order valence-electron chi connectivity index (χ0n) is 14.6. The smallest absolute Gasteiger partial charge is 0.326 e. The van der Waals surface area contributed by atoms with Gasteiger partial charge < -0.3 is 5.32 Å². The van der Waals surface area contributed by atoms with Gasteiger partial charge in [-0.2, -0.15) is 4.72 Å². The van der Waals surface area contributed by atoms with Crippen molar-refractivity contribution in [2.45, 2.75) is 24.3 Å². The number of hydrogen-bond acceptors (Lipinski definition) is 6. The number of hydrogen-bond donors (Lipinski definition) is 2. The Morgan fingerprint density at radius 2 is 1.46 bits per heavy atom. The highest BCUT2D eigenvalue weighted by molar-refractivity contribution is 7.89. The van der Waals surface area contributed by atoms with Crippen molar-refractivity contribution >= 4 is 39.5 Å². The summed E-state index contributed by atoms with van der Waals surface area (Å²) >= 11 is 0. The second-order valence-electron chi connectivity index (χ2n) is 5.95. The molecule has 1 aromatic rings. The predicted molar refractivity (Wildman–Crippen MR) is 90.4 cm³/mol. The molecule has 0 unspecified atom stereocenters. The van der Waals surface area contributed by atoms with E-state index in [0.717, 1.165) is 21.0 Å². The van der Waals surface area contributed by atoms with Crippen LogP contribution in [0.3, 0.4) is 0 Å². The second kappa shape index (κ2) is 6.50. The maximum Gasteiger partial charge on any atom is 0.332 e. The molecule has 0 radical (unpaired) electrons. The first kappa shape index (κ1) is 19.5. The van der Waals surface area contributed by atoms with Gasteiger partial charge in [0, 0.05) is 26.7 Å². The van der Waals surface area contributed by atoms with Crippen LogP contribution in [0.5, 0.6) is 0 Å². The van der Waals surface area contributed by atoms with Gasteiger partial charge in [-0.25, -0.2) is 13.2 Å². The Hall–Kier alpha value is -2.79. The summed E-state index contributed by atoms with van der Waals surface area (Å²) in [6, 6.07) is 4.31. The number of barbiturate groups is 1. The molecular weight excluding hydrogens is 364 g/mol. The molecule has 0 saturated carbocycles. The van der Waals surface area contributed by atoms with Crippen molar-refractivity contribution in [2.24, 2.45) is 0 Å². The molecule has 1 aliphatic heterocycles. The Kier molecular flexibility index (Phi) is 4.88. The number of urea groups is 1. The maximum atomic E-state index is 12.6. The Labute approximate surface area is 150 Å². The molecule has 10 nitrogen and oxygen atoms in total. The Bertz CT molecular complexity index is 869. The van der Waals surface area contributed by atoms with Gasteiger partial charge in [-0.05, 0) is 31.2 Å². The van der Waals surface area contributed by atoms with E-state index in [1.54, 1.807) is 0 Å². The van der Waals surface area contributed by atoms with E-state index in [2.05, 4.69) is 10.0 Å². The van der Waals surface area contributed by atoms with Crippen molar-refractivity contribution in [1.29, 1.82) is 0 Å². The van der Waals surface area contributed by atoms with Crippen LogP contribution in [0.2, 0.25) is 0 Å². The maximum absolute atomic E-state index is 12.6. The van der Waals surface area contributed by atoms with Gasteiger partial charge in [-0.3, -0.25) is 24.2 Å². The third kappa shape index (κ3) is 3.30. The Morgan fingerprint density at radius 3 is 1.88 bits per heavy atom. The van der Waals surface area contributed by atoms with Gasteiger partial charge in [0.25, 0.3) is 11.8 Å². The minimum absolute atomic E-state index is 0.212. The van der Waals surface area contributed by atoms with Crippen molar-refractivity contribution in [2.75, 3.05) is 19.4 Å². The van der Waals surface area contributed by atoms with Crippen molar-refractivity contribution in [3.63, 3.8) is 0 Å². The lowest BCUT2D eigenvalue weighted by Crippen LogP contribution is -2.71. The van der Waals surface area contributed by atoms with E-state index in [9.17, 15) is 27.6 Å². The van der Waals surface area contributed by atoms with Gasteiger partial charge >= 0.3 is 6.03 Å². The number of carbonyl (C=O) groups excluding carboxylic acids is 4. The number of likely N-dealkylation sites (N-methyl/N-ethyl adjacent to an activating group) is 2. The van der Waals surface area contributed by atoms with E-state index in [-0.39, 0.29) is 10.8 Å². The number of imide groups is 2. The van der Waals surface area contributed by atoms with Crippen LogP contribution in [-0.2, 0) is 24.4 Å². The SMILES string of the molecule is CC(=O)Nc1ccc(S(=O)(=O)NC2(C)C(=O)N(C)C(=O)N(C)C2=O)cc1. The van der Waals surface area contributed by atoms with E-state index in [1.807, 2.05) is 0 Å². The summed E-state index contributed by atoms with van der Waals surface area (Å²) in [5, 5.41) is 2.49. The van der Waals surface area contributed by atoms with E-state index in [4.69, 9.17) is 0 Å². The standard InChI is InChI=1S/C15H18N4O6S/c1-9(20)16-10-5-7-11(8-6-10)26(24,25)17-15(2)12(21)18(3)14(23)19(4)13(15)22/h5-8,17H,1-4H3,(H,16,20). The third-order valence-electron chi connectivity index (χ3n) is 3.86. The molecule has 0 spiro atoms. The lowest BCUT2D eigenvalue weighted by atomic mass is 9.98. The summed E-state index contributed by atoms with van der Waals surface area (Å²) in [5.74, 6) is -2.28. The number of sulfonamides is 1. The van der Waals surface area contributed by atoms with Crippen LogP contribution < -0.4 is 10.0 Å². The van der Waals surface area contributed by atoms with Gasteiger partial charge in [0.1, 0.15) is 0 Å². The fraction of sp³-hybridized carbons (Fsp3) is 0.333. The van der Waals surface area contributed by atoms with E-state index in [1.165, 1.54) is 31.2 Å². The zero-order valence-corrected chi connectivity index (χ0v) is 15.4. The first-order valence-electron chi connectivity index (χ1n) is 7.42. The number of nitrogens with zero attached hydrogens (tertiary/aromatic N) is 2. The Balaban J connectivity index is 2.35. The summed E-state index contributed by atoms with van der Waals surface area (Å²) in [6.45, 7) is 2.40. The molecule has 26 heavy (non-hydrogen) atoms. The first-order valence-corrected chi connectivity index (χ1v) is 8.90. The van der Waals surface area contributed by atoms with Crippen molar-refractivity contribution in [3.8, 4) is 0 Å². The number of carbonyl (C=O) groups is 4. The molecule has 2 N–H and O–H groups in total. The second-order valence-corrected chi connectivity index (χ2v) is 7.63. The molecule has 0 aromatic heterocycles. The highest BCUT2D eigenvalue weighted by Crippen LogP contribution is 2.23. The summed E-state index contributed by atoms with van der Waals surface area (Å²) in [5.41, 5.74) is -1.77. The molecular formula is C15H18N4O6S. The molecule has 0 atom stereocenters. The Morgan fingerprint density at radius 1 is 1.00 bits per heavy atom. The van der Waals surface area contributed by atoms with Crippen molar-refractivity contribution in [3.05, 3.63) is 24.3 Å². The minimum atomic E-state index is -4.26. The van der Waals surface area contributed by atoms with E-state index < -0.39 is 33.4 Å². The summed E-state index contributed by atoms with van der Waals surface area (Å²) in [6.07, 6.45) is 0. The summed E-state index contributed by atoms with van der Waals surface area (Å²) < 4.78 is 27.3. The number of amides is 5. The first-order chi connectivity index (χ1) is 11.9. The normalized spacial score (nSPS) is 17.5. The van der Waals surface area contributed by atoms with Crippen LogP contribution in [0, 0.1) is 0 Å². The van der Waals surface area contributed by atoms with Crippen molar-refractivity contribution < 1.29 is 27.6 Å². The molecule has 0 aliphatic carbocycles. The fourth-order valence-corrected chi connectivity index (χ4v) is 3.82. The number of anilines is 1. The molecule has 11 heteroatoms. The average molecular weight is 382 g/mol. The lowest BCUT2D eigenvalue weighted by molar-refractivity contribution is -0.149. The zero-order chi connectivity index (χ0) is 19.9. The topological polar surface area (TPSA) is 133 Å². The van der Waals surface area contributed by atoms with E-state index >= 15 is 0 Å². The fourth-order valence-electron chi connectivity index (χ4n) is 2.50. The highest BCUT2D eigenvalue weighted by Gasteiger charge is 2.54. The minimum Gasteiger partial charge on any atom is -0.326 e. The summed E-state index contributed by atoms with van der Waals surface area (Å²) in [7, 11) is -1.95. The predicted octanol–water partition coefficient (Wildman–Crippen LogP) is -0.268.